The summed E-state index contributed by atoms with van der Waals surface area (Å²) in [5.74, 6) is 0. The molecule has 14 heavy (non-hydrogen) atoms. The fourth-order valence-corrected chi connectivity index (χ4v) is 0.616. The Bertz CT molecular complexity index is 229. The average molecular weight is 198 g/mol. The average Bonchev–Trinajstić information content (AvgIpc) is 2.00. The highest BCUT2D eigenvalue weighted by molar-refractivity contribution is 5.67. The first-order valence-corrected chi connectivity index (χ1v) is 4.37. The van der Waals surface area contributed by atoms with Crippen molar-refractivity contribution in [2.75, 3.05) is 6.67 Å². The first-order valence-electron chi connectivity index (χ1n) is 4.37. The van der Waals surface area contributed by atoms with Crippen molar-refractivity contribution in [3.63, 3.8) is 0 Å². The van der Waals surface area contributed by atoms with E-state index in [0.717, 1.165) is 0 Å². The van der Waals surface area contributed by atoms with Crippen LogP contribution in [-0.4, -0.2) is 18.4 Å². The normalized spacial score (nSPS) is 10.2. The van der Waals surface area contributed by atoms with Crippen molar-refractivity contribution in [2.45, 2.75) is 26.4 Å². The molecule has 0 aliphatic rings. The number of rotatable bonds is 4. The Morgan fingerprint density at radius 2 is 2.00 bits per heavy atom. The number of hydrogen-bond acceptors (Lipinski definition) is 3. The molecular weight excluding hydrogens is 180 g/mol. The van der Waals surface area contributed by atoms with Crippen LogP contribution in [0.4, 0.5) is 4.79 Å². The fourth-order valence-electron chi connectivity index (χ4n) is 0.616. The van der Waals surface area contributed by atoms with E-state index in [2.05, 4.69) is 23.8 Å². The third kappa shape index (κ3) is 7.21. The van der Waals surface area contributed by atoms with Crippen LogP contribution in [0.5, 0.6) is 0 Å². The zero-order valence-corrected chi connectivity index (χ0v) is 9.02. The molecule has 0 fully saturated rings. The van der Waals surface area contributed by atoms with Gasteiger partial charge in [0.1, 0.15) is 5.60 Å². The molecule has 4 heteroatoms. The lowest BCUT2D eigenvalue weighted by Gasteiger charge is -2.19. The van der Waals surface area contributed by atoms with E-state index in [9.17, 15) is 4.79 Å². The van der Waals surface area contributed by atoms with Crippen LogP contribution in [0, 0.1) is 0 Å². The smallest absolute Gasteiger partial charge is 0.409 e. The largest absolute Gasteiger partial charge is 0.444 e. The predicted molar refractivity (Wildman–Crippen MR) is 56.7 cm³/mol. The van der Waals surface area contributed by atoms with E-state index in [0.29, 0.717) is 5.70 Å². The zero-order chi connectivity index (χ0) is 11.2. The highest BCUT2D eigenvalue weighted by atomic mass is 16.6. The lowest BCUT2D eigenvalue weighted by atomic mass is 10.2. The molecule has 0 unspecified atom stereocenters. The quantitative estimate of drug-likeness (QED) is 0.534. The van der Waals surface area contributed by atoms with Crippen LogP contribution >= 0.6 is 0 Å². The molecule has 0 aliphatic heterocycles. The maximum atomic E-state index is 11.1. The van der Waals surface area contributed by atoms with Gasteiger partial charge in [0.25, 0.3) is 0 Å². The number of alkyl carbamates (subject to hydrolysis) is 1. The third-order valence-corrected chi connectivity index (χ3v) is 1.19. The molecule has 0 radical (unpaired) electrons. The highest BCUT2D eigenvalue weighted by Gasteiger charge is 2.15. The summed E-state index contributed by atoms with van der Waals surface area (Å²) in [7, 11) is 0. The van der Waals surface area contributed by atoms with Crippen LogP contribution in [0.1, 0.15) is 20.8 Å². The van der Waals surface area contributed by atoms with Gasteiger partial charge in [0.05, 0.1) is 6.67 Å². The number of hydrogen-bond donors (Lipinski definition) is 2. The van der Waals surface area contributed by atoms with E-state index in [4.69, 9.17) is 4.74 Å². The van der Waals surface area contributed by atoms with Gasteiger partial charge in [-0.05, 0) is 26.8 Å². The highest BCUT2D eigenvalue weighted by Crippen LogP contribution is 2.05. The fraction of sp³-hybridized carbons (Fsp3) is 0.500. The van der Waals surface area contributed by atoms with Crippen LogP contribution in [0.25, 0.3) is 0 Å². The lowest BCUT2D eigenvalue weighted by molar-refractivity contribution is 0.0525. The van der Waals surface area contributed by atoms with E-state index in [1.165, 1.54) is 0 Å². The molecule has 0 aromatic heterocycles. The molecule has 0 aliphatic carbocycles. The molecule has 0 aromatic rings. The van der Waals surface area contributed by atoms with Gasteiger partial charge in [0.2, 0.25) is 0 Å². The van der Waals surface area contributed by atoms with Gasteiger partial charge in [0, 0.05) is 5.70 Å². The molecule has 0 atom stereocenters. The Balaban J connectivity index is 3.65. The second-order valence-electron chi connectivity index (χ2n) is 3.76. The number of amides is 1. The maximum absolute atomic E-state index is 11.1. The molecular formula is C10H18N2O2. The Labute approximate surface area is 85.0 Å². The van der Waals surface area contributed by atoms with Gasteiger partial charge in [-0.2, -0.15) is 0 Å². The number of carbonyl (C=O) groups is 1. The van der Waals surface area contributed by atoms with Crippen LogP contribution in [0.15, 0.2) is 24.9 Å². The Hall–Kier alpha value is -1.45. The molecule has 0 spiro atoms. The van der Waals surface area contributed by atoms with Gasteiger partial charge in [-0.1, -0.05) is 13.2 Å². The van der Waals surface area contributed by atoms with Crippen molar-refractivity contribution in [1.82, 2.24) is 10.6 Å². The summed E-state index contributed by atoms with van der Waals surface area (Å²) in [5.41, 5.74) is 0.181. The summed E-state index contributed by atoms with van der Waals surface area (Å²) in [4.78, 5) is 11.1. The minimum atomic E-state index is -0.473. The summed E-state index contributed by atoms with van der Waals surface area (Å²) >= 11 is 0. The van der Waals surface area contributed by atoms with Crippen molar-refractivity contribution in [3.05, 3.63) is 24.9 Å². The molecule has 0 saturated carbocycles. The van der Waals surface area contributed by atoms with E-state index in [1.807, 2.05) is 20.8 Å². The van der Waals surface area contributed by atoms with Crippen molar-refractivity contribution in [3.8, 4) is 0 Å². The summed E-state index contributed by atoms with van der Waals surface area (Å²) in [6.07, 6.45) is 1.11. The molecule has 0 aromatic carbocycles. The molecule has 0 bridgehead atoms. The van der Waals surface area contributed by atoms with E-state index >= 15 is 0 Å². The molecule has 1 amide bonds. The summed E-state index contributed by atoms with van der Waals surface area (Å²) in [5, 5.41) is 5.35. The van der Waals surface area contributed by atoms with E-state index in [1.54, 1.807) is 6.08 Å². The second kappa shape index (κ2) is 5.32. The van der Waals surface area contributed by atoms with E-state index < -0.39 is 11.7 Å². The van der Waals surface area contributed by atoms with Gasteiger partial charge in [-0.15, -0.1) is 0 Å². The first kappa shape index (κ1) is 12.6. The maximum Gasteiger partial charge on any atom is 0.409 e. The Morgan fingerprint density at radius 3 is 2.43 bits per heavy atom. The van der Waals surface area contributed by atoms with Crippen molar-refractivity contribution in [2.24, 2.45) is 0 Å². The molecule has 4 nitrogen and oxygen atoms in total. The van der Waals surface area contributed by atoms with Crippen LogP contribution in [0.3, 0.4) is 0 Å². The van der Waals surface area contributed by atoms with Crippen molar-refractivity contribution < 1.29 is 9.53 Å². The van der Waals surface area contributed by atoms with Crippen molar-refractivity contribution in [1.29, 1.82) is 0 Å². The van der Waals surface area contributed by atoms with Crippen LogP contribution in [0.2, 0.25) is 0 Å². The molecule has 2 N–H and O–H groups in total. The number of nitrogens with one attached hydrogen (secondary N) is 2. The minimum absolute atomic E-state index is 0.278. The zero-order valence-electron chi connectivity index (χ0n) is 9.02. The Kier molecular flexibility index (Phi) is 4.77. The number of ether oxygens (including phenoxy) is 1. The van der Waals surface area contributed by atoms with E-state index in [-0.39, 0.29) is 6.67 Å². The molecule has 0 rings (SSSR count). The van der Waals surface area contributed by atoms with Gasteiger partial charge in [-0.3, -0.25) is 0 Å². The summed E-state index contributed by atoms with van der Waals surface area (Å²) in [6, 6.07) is 0. The second-order valence-corrected chi connectivity index (χ2v) is 3.76. The van der Waals surface area contributed by atoms with Gasteiger partial charge in [-0.25, -0.2) is 4.79 Å². The number of allylic oxidation sites excluding steroid dienone is 1. The SMILES string of the molecule is C=CC(=C)NCNC(=O)OC(C)(C)C. The van der Waals surface area contributed by atoms with Crippen LogP contribution < -0.4 is 10.6 Å². The summed E-state index contributed by atoms with van der Waals surface area (Å²) < 4.78 is 5.01. The standard InChI is InChI=1S/C10H18N2O2/c1-6-8(2)11-7-12-9(13)14-10(3,4)5/h6,11H,1-2,7H2,3-5H3,(H,12,13). The monoisotopic (exact) mass is 198 g/mol. The Morgan fingerprint density at radius 1 is 1.43 bits per heavy atom. The van der Waals surface area contributed by atoms with Crippen molar-refractivity contribution >= 4 is 6.09 Å². The topological polar surface area (TPSA) is 50.4 Å². The van der Waals surface area contributed by atoms with Crippen LogP contribution in [-0.2, 0) is 4.74 Å². The van der Waals surface area contributed by atoms with Gasteiger partial charge in [0.15, 0.2) is 0 Å². The van der Waals surface area contributed by atoms with Gasteiger partial charge < -0.3 is 15.4 Å². The predicted octanol–water partition coefficient (Wildman–Crippen LogP) is 1.76. The lowest BCUT2D eigenvalue weighted by Crippen LogP contribution is -2.37. The molecule has 0 saturated heterocycles. The minimum Gasteiger partial charge on any atom is -0.444 e. The number of carbonyl (C=O) groups excluding carboxylic acids is 1. The third-order valence-electron chi connectivity index (χ3n) is 1.19. The summed E-state index contributed by atoms with van der Waals surface area (Å²) in [6.45, 7) is 12.8. The molecule has 0 heterocycles. The van der Waals surface area contributed by atoms with Gasteiger partial charge >= 0.3 is 6.09 Å². The first-order chi connectivity index (χ1) is 6.35. The molecule has 80 valence electrons.